The molecule has 1 fully saturated rings. The zero-order chi connectivity index (χ0) is 22.0. The standard InChI is InChI=1S/C22H27N3O5/c1-14-7-9-24(10-8-14)19-6-5-17(12-20(19)25(28)29)22(27)30-13-21(26)18-11-15(2)23(4)16(18)3/h5-6,11-12,14H,7-10,13H2,1-4H3. The number of aromatic nitrogens is 1. The number of Topliss-reactive ketones (excluding diaryl/α,β-unsaturated/α-hetero) is 1. The summed E-state index contributed by atoms with van der Waals surface area (Å²) in [5.41, 5.74) is 2.67. The second kappa shape index (κ2) is 8.69. The molecule has 2 heterocycles. The number of hydrogen-bond acceptors (Lipinski definition) is 6. The van der Waals surface area contributed by atoms with Gasteiger partial charge < -0.3 is 14.2 Å². The summed E-state index contributed by atoms with van der Waals surface area (Å²) in [7, 11) is 1.86. The van der Waals surface area contributed by atoms with E-state index in [9.17, 15) is 19.7 Å². The van der Waals surface area contributed by atoms with Crippen molar-refractivity contribution in [1.29, 1.82) is 0 Å². The summed E-state index contributed by atoms with van der Waals surface area (Å²) in [6, 6.07) is 6.10. The minimum Gasteiger partial charge on any atom is -0.454 e. The molecule has 30 heavy (non-hydrogen) atoms. The Hall–Kier alpha value is -3.16. The second-order valence-electron chi connectivity index (χ2n) is 7.97. The number of carbonyl (C=O) groups is 2. The molecule has 0 spiro atoms. The maximum atomic E-state index is 12.4. The topological polar surface area (TPSA) is 94.7 Å². The van der Waals surface area contributed by atoms with Crippen LogP contribution in [0.2, 0.25) is 0 Å². The highest BCUT2D eigenvalue weighted by atomic mass is 16.6. The smallest absolute Gasteiger partial charge is 0.338 e. The highest BCUT2D eigenvalue weighted by Crippen LogP contribution is 2.32. The number of esters is 1. The van der Waals surface area contributed by atoms with Crippen LogP contribution in [-0.2, 0) is 11.8 Å². The number of hydrogen-bond donors (Lipinski definition) is 0. The number of piperidine rings is 1. The lowest BCUT2D eigenvalue weighted by molar-refractivity contribution is -0.384. The Morgan fingerprint density at radius 3 is 2.43 bits per heavy atom. The number of benzene rings is 1. The molecule has 1 aliphatic rings. The molecular formula is C22H27N3O5. The van der Waals surface area contributed by atoms with Crippen molar-refractivity contribution in [3.8, 4) is 0 Å². The third-order valence-electron chi connectivity index (χ3n) is 5.94. The molecule has 1 saturated heterocycles. The van der Waals surface area contributed by atoms with Gasteiger partial charge in [-0.15, -0.1) is 0 Å². The molecule has 0 amide bonds. The van der Waals surface area contributed by atoms with Gasteiger partial charge in [0.05, 0.1) is 10.5 Å². The third-order valence-corrected chi connectivity index (χ3v) is 5.94. The largest absolute Gasteiger partial charge is 0.454 e. The van der Waals surface area contributed by atoms with E-state index in [1.54, 1.807) is 12.1 Å². The van der Waals surface area contributed by atoms with Crippen LogP contribution in [0.3, 0.4) is 0 Å². The van der Waals surface area contributed by atoms with Crippen molar-refractivity contribution < 1.29 is 19.2 Å². The molecule has 3 rings (SSSR count). The maximum absolute atomic E-state index is 12.4. The van der Waals surface area contributed by atoms with Crippen LogP contribution in [0.4, 0.5) is 11.4 Å². The first-order chi connectivity index (χ1) is 14.2. The molecule has 0 unspecified atom stereocenters. The molecule has 1 aromatic heterocycles. The molecule has 0 aliphatic carbocycles. The Morgan fingerprint density at radius 2 is 1.87 bits per heavy atom. The third kappa shape index (κ3) is 4.37. The van der Waals surface area contributed by atoms with Crippen LogP contribution in [0.15, 0.2) is 24.3 Å². The highest BCUT2D eigenvalue weighted by Gasteiger charge is 2.25. The van der Waals surface area contributed by atoms with Gasteiger partial charge in [-0.1, -0.05) is 6.92 Å². The van der Waals surface area contributed by atoms with Gasteiger partial charge in [-0.25, -0.2) is 4.79 Å². The summed E-state index contributed by atoms with van der Waals surface area (Å²) in [5.74, 6) is -0.460. The first-order valence-corrected chi connectivity index (χ1v) is 10.1. The van der Waals surface area contributed by atoms with Gasteiger partial charge in [-0.2, -0.15) is 0 Å². The van der Waals surface area contributed by atoms with Gasteiger partial charge in [0.2, 0.25) is 5.78 Å². The van der Waals surface area contributed by atoms with Crippen molar-refractivity contribution in [3.63, 3.8) is 0 Å². The van der Waals surface area contributed by atoms with Gasteiger partial charge in [0.15, 0.2) is 6.61 Å². The number of rotatable bonds is 6. The molecule has 160 valence electrons. The molecule has 8 heteroatoms. The summed E-state index contributed by atoms with van der Waals surface area (Å²) >= 11 is 0. The lowest BCUT2D eigenvalue weighted by Gasteiger charge is -2.31. The summed E-state index contributed by atoms with van der Waals surface area (Å²) in [5, 5.41) is 11.6. The molecule has 0 atom stereocenters. The van der Waals surface area contributed by atoms with Crippen LogP contribution in [0, 0.1) is 29.9 Å². The van der Waals surface area contributed by atoms with E-state index in [0.29, 0.717) is 17.2 Å². The first-order valence-electron chi connectivity index (χ1n) is 10.1. The predicted molar refractivity (Wildman–Crippen MR) is 113 cm³/mol. The molecule has 0 bridgehead atoms. The SMILES string of the molecule is Cc1cc(C(=O)COC(=O)c2ccc(N3CCC(C)CC3)c([N+](=O)[O-])c2)c(C)n1C. The number of ketones is 1. The predicted octanol–water partition coefficient (Wildman–Crippen LogP) is 3.83. The first kappa shape index (κ1) is 21.5. The van der Waals surface area contributed by atoms with Crippen molar-refractivity contribution in [1.82, 2.24) is 4.57 Å². The van der Waals surface area contributed by atoms with E-state index in [4.69, 9.17) is 4.74 Å². The van der Waals surface area contributed by atoms with Gasteiger partial charge in [0.1, 0.15) is 5.69 Å². The fourth-order valence-electron chi connectivity index (χ4n) is 3.74. The maximum Gasteiger partial charge on any atom is 0.338 e. The van der Waals surface area contributed by atoms with Gasteiger partial charge >= 0.3 is 5.97 Å². The molecule has 1 aliphatic heterocycles. The monoisotopic (exact) mass is 413 g/mol. The van der Waals surface area contributed by atoms with Crippen LogP contribution in [0.25, 0.3) is 0 Å². The molecular weight excluding hydrogens is 386 g/mol. The number of nitro groups is 1. The summed E-state index contributed by atoms with van der Waals surface area (Å²) < 4.78 is 7.04. The van der Waals surface area contributed by atoms with Gasteiger partial charge in [-0.05, 0) is 50.8 Å². The zero-order valence-electron chi connectivity index (χ0n) is 17.8. The van der Waals surface area contributed by atoms with Crippen LogP contribution >= 0.6 is 0 Å². The van der Waals surface area contributed by atoms with E-state index in [1.807, 2.05) is 30.4 Å². The number of ether oxygens (including phenoxy) is 1. The molecule has 0 N–H and O–H groups in total. The summed E-state index contributed by atoms with van der Waals surface area (Å²) in [6.07, 6.45) is 1.95. The fourth-order valence-corrected chi connectivity index (χ4v) is 3.74. The Balaban J connectivity index is 1.72. The van der Waals surface area contributed by atoms with Crippen LogP contribution in [0.1, 0.15) is 51.9 Å². The lowest BCUT2D eigenvalue weighted by atomic mass is 9.98. The Bertz CT molecular complexity index is 987. The van der Waals surface area contributed by atoms with E-state index in [0.717, 1.165) is 37.3 Å². The number of nitro benzene ring substituents is 1. The average molecular weight is 413 g/mol. The quantitative estimate of drug-likeness (QED) is 0.309. The fraction of sp³-hybridized carbons (Fsp3) is 0.455. The second-order valence-corrected chi connectivity index (χ2v) is 7.97. The van der Waals surface area contributed by atoms with Crippen LogP contribution in [0.5, 0.6) is 0 Å². The number of anilines is 1. The van der Waals surface area contributed by atoms with Gasteiger partial charge in [0.25, 0.3) is 5.69 Å². The Kier molecular flexibility index (Phi) is 6.24. The van der Waals surface area contributed by atoms with E-state index in [-0.39, 0.29) is 17.0 Å². The molecule has 1 aromatic carbocycles. The number of aryl methyl sites for hydroxylation is 1. The summed E-state index contributed by atoms with van der Waals surface area (Å²) in [6.45, 7) is 6.96. The van der Waals surface area contributed by atoms with Crippen molar-refractivity contribution in [2.24, 2.45) is 13.0 Å². The minimum absolute atomic E-state index is 0.0598. The average Bonchev–Trinajstić information content (AvgIpc) is 2.99. The normalized spacial score (nSPS) is 14.6. The number of carbonyl (C=O) groups excluding carboxylic acids is 2. The highest BCUT2D eigenvalue weighted by molar-refractivity contribution is 6.00. The van der Waals surface area contributed by atoms with Gasteiger partial charge in [0, 0.05) is 43.2 Å². The zero-order valence-corrected chi connectivity index (χ0v) is 17.8. The van der Waals surface area contributed by atoms with Crippen molar-refractivity contribution in [3.05, 3.63) is 56.9 Å². The van der Waals surface area contributed by atoms with E-state index in [2.05, 4.69) is 6.92 Å². The molecule has 0 saturated carbocycles. The Morgan fingerprint density at radius 1 is 1.20 bits per heavy atom. The Labute approximate surface area is 175 Å². The molecule has 2 aromatic rings. The summed E-state index contributed by atoms with van der Waals surface area (Å²) in [4.78, 5) is 38.0. The molecule has 0 radical (unpaired) electrons. The van der Waals surface area contributed by atoms with E-state index < -0.39 is 17.5 Å². The van der Waals surface area contributed by atoms with E-state index in [1.165, 1.54) is 12.1 Å². The van der Waals surface area contributed by atoms with Crippen molar-refractivity contribution in [2.75, 3.05) is 24.6 Å². The van der Waals surface area contributed by atoms with Crippen molar-refractivity contribution >= 4 is 23.1 Å². The lowest BCUT2D eigenvalue weighted by Crippen LogP contribution is -2.33. The minimum atomic E-state index is -0.754. The number of nitrogens with zero attached hydrogens (tertiary/aromatic N) is 3. The van der Waals surface area contributed by atoms with Crippen molar-refractivity contribution in [2.45, 2.75) is 33.6 Å². The van der Waals surface area contributed by atoms with Gasteiger partial charge in [-0.3, -0.25) is 14.9 Å². The van der Waals surface area contributed by atoms with Crippen LogP contribution < -0.4 is 4.90 Å². The van der Waals surface area contributed by atoms with E-state index >= 15 is 0 Å². The molecule has 8 nitrogen and oxygen atoms in total. The van der Waals surface area contributed by atoms with Crippen LogP contribution in [-0.4, -0.2) is 40.9 Å².